The first-order chi connectivity index (χ1) is 18.2. The second kappa shape index (κ2) is 12.1. The highest BCUT2D eigenvalue weighted by Crippen LogP contribution is 2.39. The molecule has 206 valence electrons. The Kier molecular flexibility index (Phi) is 9.07. The molecule has 9 nitrogen and oxygen atoms in total. The third kappa shape index (κ3) is 5.88. The minimum atomic E-state index is -4.13. The van der Waals surface area contributed by atoms with E-state index in [0.717, 1.165) is 6.29 Å². The number of hydrogen-bond acceptors (Lipinski definition) is 7. The lowest BCUT2D eigenvalue weighted by Crippen LogP contribution is -2.55. The van der Waals surface area contributed by atoms with Gasteiger partial charge in [-0.3, -0.25) is 4.79 Å². The van der Waals surface area contributed by atoms with Gasteiger partial charge in [-0.1, -0.05) is 23.2 Å². The number of methoxy groups -OCH3 is 2. The van der Waals surface area contributed by atoms with Gasteiger partial charge in [-0.2, -0.15) is 4.31 Å². The molecule has 0 saturated carbocycles. The number of carbonyl (C=O) groups is 2. The summed E-state index contributed by atoms with van der Waals surface area (Å²) in [6.07, 6.45) is 2.51. The second-order valence-corrected chi connectivity index (χ2v) is 12.0. The molecule has 2 bridgehead atoms. The summed E-state index contributed by atoms with van der Waals surface area (Å²) < 4.78 is 45.5. The Hall–Kier alpha value is -2.53. The van der Waals surface area contributed by atoms with Gasteiger partial charge in [-0.25, -0.2) is 8.42 Å². The molecule has 0 aliphatic carbocycles. The Morgan fingerprint density at radius 2 is 1.74 bits per heavy atom. The van der Waals surface area contributed by atoms with Crippen molar-refractivity contribution in [2.45, 2.75) is 42.7 Å². The quantitative estimate of drug-likeness (QED) is 0.388. The molecule has 4 rings (SSSR count). The summed E-state index contributed by atoms with van der Waals surface area (Å²) in [6, 6.07) is 7.85. The number of rotatable bonds is 10. The van der Waals surface area contributed by atoms with Gasteiger partial charge in [-0.05, 0) is 55.5 Å². The van der Waals surface area contributed by atoms with Gasteiger partial charge >= 0.3 is 0 Å². The van der Waals surface area contributed by atoms with Crippen LogP contribution in [0.2, 0.25) is 10.0 Å². The van der Waals surface area contributed by atoms with Crippen LogP contribution in [0.1, 0.15) is 25.7 Å². The molecule has 0 aromatic heterocycles. The van der Waals surface area contributed by atoms with Crippen LogP contribution < -0.4 is 14.2 Å². The normalized spacial score (nSPS) is 22.1. The van der Waals surface area contributed by atoms with Crippen molar-refractivity contribution < 1.29 is 32.2 Å². The lowest BCUT2D eigenvalue weighted by molar-refractivity contribution is -0.135. The zero-order chi connectivity index (χ0) is 27.4. The molecule has 38 heavy (non-hydrogen) atoms. The molecule has 2 saturated heterocycles. The van der Waals surface area contributed by atoms with Crippen LogP contribution in [-0.4, -0.2) is 75.8 Å². The van der Waals surface area contributed by atoms with E-state index in [9.17, 15) is 18.0 Å². The van der Waals surface area contributed by atoms with Crippen LogP contribution in [-0.2, 0) is 19.6 Å². The topological polar surface area (TPSA) is 102 Å². The molecule has 2 aromatic carbocycles. The van der Waals surface area contributed by atoms with Gasteiger partial charge in [0, 0.05) is 35.1 Å². The van der Waals surface area contributed by atoms with E-state index in [1.807, 2.05) is 0 Å². The third-order valence-corrected chi connectivity index (χ3v) is 9.35. The van der Waals surface area contributed by atoms with Crippen molar-refractivity contribution in [3.05, 3.63) is 46.4 Å². The fraction of sp³-hybridized carbons (Fsp3) is 0.462. The number of fused-ring (bicyclic) bond motifs is 2. The van der Waals surface area contributed by atoms with E-state index < -0.39 is 22.1 Å². The summed E-state index contributed by atoms with van der Waals surface area (Å²) >= 11 is 12.2. The van der Waals surface area contributed by atoms with Crippen molar-refractivity contribution in [3.8, 4) is 17.2 Å². The molecule has 2 heterocycles. The zero-order valence-electron chi connectivity index (χ0n) is 21.1. The summed E-state index contributed by atoms with van der Waals surface area (Å²) in [7, 11) is -1.06. The molecule has 3 atom stereocenters. The van der Waals surface area contributed by atoms with Crippen molar-refractivity contribution in [3.63, 3.8) is 0 Å². The standard InChI is InChI=1S/C26H30Cl2N2O7S/c1-35-24-7-6-20(15-25(24)36-2)37-11-9-29-16-17(8-10-31)22-4-3-5-23(26(29)32)30(22)38(33,34)21-13-18(27)12-19(28)14-21/h6-7,10,12-15,17,22-23H,3-5,8-9,11,16H2,1-2H3. The summed E-state index contributed by atoms with van der Waals surface area (Å²) in [5, 5.41) is 0.363. The molecule has 2 aliphatic heterocycles. The molecule has 2 aromatic rings. The molecular formula is C26H30Cl2N2O7S. The maximum atomic E-state index is 13.9. The molecule has 1 amide bonds. The zero-order valence-corrected chi connectivity index (χ0v) is 23.5. The average molecular weight is 586 g/mol. The second-order valence-electron chi connectivity index (χ2n) is 9.27. The highest BCUT2D eigenvalue weighted by atomic mass is 35.5. The average Bonchev–Trinajstić information content (AvgIpc) is 2.96. The third-order valence-electron chi connectivity index (χ3n) is 7.00. The molecule has 12 heteroatoms. The number of hydrogen-bond donors (Lipinski definition) is 0. The Balaban J connectivity index is 1.59. The predicted molar refractivity (Wildman–Crippen MR) is 143 cm³/mol. The van der Waals surface area contributed by atoms with Crippen molar-refractivity contribution in [1.82, 2.24) is 9.21 Å². The van der Waals surface area contributed by atoms with E-state index in [-0.39, 0.29) is 52.9 Å². The van der Waals surface area contributed by atoms with Crippen LogP contribution in [0.3, 0.4) is 0 Å². The predicted octanol–water partition coefficient (Wildman–Crippen LogP) is 4.05. The largest absolute Gasteiger partial charge is 0.493 e. The number of nitrogens with zero attached hydrogens (tertiary/aromatic N) is 2. The van der Waals surface area contributed by atoms with Crippen LogP contribution in [0.5, 0.6) is 17.2 Å². The molecule has 2 fully saturated rings. The van der Waals surface area contributed by atoms with E-state index in [1.165, 1.54) is 29.6 Å². The fourth-order valence-electron chi connectivity index (χ4n) is 5.27. The fourth-order valence-corrected chi connectivity index (χ4v) is 7.88. The lowest BCUT2D eigenvalue weighted by atomic mass is 9.89. The number of amides is 1. The van der Waals surface area contributed by atoms with Gasteiger partial charge in [0.15, 0.2) is 11.5 Å². The van der Waals surface area contributed by atoms with Crippen LogP contribution in [0.15, 0.2) is 41.3 Å². The van der Waals surface area contributed by atoms with Gasteiger partial charge in [-0.15, -0.1) is 0 Å². The van der Waals surface area contributed by atoms with Crippen LogP contribution in [0.25, 0.3) is 0 Å². The van der Waals surface area contributed by atoms with E-state index >= 15 is 0 Å². The van der Waals surface area contributed by atoms with E-state index in [1.54, 1.807) is 30.2 Å². The Bertz CT molecular complexity index is 1270. The van der Waals surface area contributed by atoms with Crippen molar-refractivity contribution in [2.24, 2.45) is 5.92 Å². The van der Waals surface area contributed by atoms with Crippen LogP contribution in [0, 0.1) is 5.92 Å². The molecule has 0 radical (unpaired) electrons. The number of halogens is 2. The summed E-state index contributed by atoms with van der Waals surface area (Å²) in [4.78, 5) is 26.9. The van der Waals surface area contributed by atoms with E-state index in [2.05, 4.69) is 0 Å². The maximum Gasteiger partial charge on any atom is 0.244 e. The lowest BCUT2D eigenvalue weighted by Gasteiger charge is -2.40. The minimum Gasteiger partial charge on any atom is -0.493 e. The number of benzene rings is 2. The first-order valence-corrected chi connectivity index (χ1v) is 14.5. The van der Waals surface area contributed by atoms with Gasteiger partial charge in [0.2, 0.25) is 15.9 Å². The molecule has 0 N–H and O–H groups in total. The van der Waals surface area contributed by atoms with Crippen molar-refractivity contribution in [2.75, 3.05) is 33.9 Å². The highest BCUT2D eigenvalue weighted by Gasteiger charge is 2.50. The number of aldehydes is 1. The monoisotopic (exact) mass is 584 g/mol. The number of ether oxygens (including phenoxy) is 3. The van der Waals surface area contributed by atoms with E-state index in [4.69, 9.17) is 37.4 Å². The van der Waals surface area contributed by atoms with Crippen molar-refractivity contribution >= 4 is 45.4 Å². The number of sulfonamides is 1. The van der Waals surface area contributed by atoms with Gasteiger partial charge in [0.05, 0.1) is 25.7 Å². The van der Waals surface area contributed by atoms with Crippen molar-refractivity contribution in [1.29, 1.82) is 0 Å². The molecule has 3 unspecified atom stereocenters. The highest BCUT2D eigenvalue weighted by molar-refractivity contribution is 7.89. The Morgan fingerprint density at radius 1 is 1.03 bits per heavy atom. The Morgan fingerprint density at radius 3 is 2.39 bits per heavy atom. The van der Waals surface area contributed by atoms with Gasteiger partial charge in [0.1, 0.15) is 24.7 Å². The summed E-state index contributed by atoms with van der Waals surface area (Å²) in [5.74, 6) is 0.935. The van der Waals surface area contributed by atoms with Crippen LogP contribution >= 0.6 is 23.2 Å². The van der Waals surface area contributed by atoms with E-state index in [0.29, 0.717) is 36.5 Å². The number of carbonyl (C=O) groups excluding carboxylic acids is 2. The summed E-state index contributed by atoms with van der Waals surface area (Å²) in [6.45, 7) is 0.641. The molecular weight excluding hydrogens is 555 g/mol. The molecule has 2 aliphatic rings. The van der Waals surface area contributed by atoms with Gasteiger partial charge in [0.25, 0.3) is 0 Å². The Labute approximate surface area is 232 Å². The number of piperidine rings is 1. The minimum absolute atomic E-state index is 0.0743. The summed E-state index contributed by atoms with van der Waals surface area (Å²) in [5.41, 5.74) is 0. The van der Waals surface area contributed by atoms with Gasteiger partial charge < -0.3 is 23.9 Å². The maximum absolute atomic E-state index is 13.9. The first kappa shape index (κ1) is 28.5. The SMILES string of the molecule is COc1ccc(OCCN2CC(CC=O)C3CCCC(C2=O)N3S(=O)(=O)c2cc(Cl)cc(Cl)c2)cc1OC. The smallest absolute Gasteiger partial charge is 0.244 e. The molecule has 0 spiro atoms. The van der Waals surface area contributed by atoms with Crippen LogP contribution in [0.4, 0.5) is 0 Å². The first-order valence-electron chi connectivity index (χ1n) is 12.3.